The van der Waals surface area contributed by atoms with Gasteiger partial charge in [0.05, 0.1) is 11.3 Å². The van der Waals surface area contributed by atoms with Crippen molar-refractivity contribution in [2.45, 2.75) is 18.8 Å². The van der Waals surface area contributed by atoms with Crippen LogP contribution in [0.1, 0.15) is 45.2 Å². The van der Waals surface area contributed by atoms with Crippen molar-refractivity contribution in [3.63, 3.8) is 0 Å². The number of nitrogens with zero attached hydrogens (tertiary/aromatic N) is 3. The number of anilines is 1. The zero-order chi connectivity index (χ0) is 19.1. The summed E-state index contributed by atoms with van der Waals surface area (Å²) in [6.45, 7) is 1.78. The second-order valence-corrected chi connectivity index (χ2v) is 7.14. The molecule has 140 valence electrons. The van der Waals surface area contributed by atoms with Gasteiger partial charge in [-0.05, 0) is 37.1 Å². The Balaban J connectivity index is 1.57. The zero-order valence-electron chi connectivity index (χ0n) is 15.2. The molecule has 6 rings (SSSR count). The first-order valence-corrected chi connectivity index (χ1v) is 9.47. The van der Waals surface area contributed by atoms with Crippen LogP contribution in [0.2, 0.25) is 0 Å². The van der Waals surface area contributed by atoms with Crippen molar-refractivity contribution < 1.29 is 14.3 Å². The molecule has 0 unspecified atom stereocenters. The summed E-state index contributed by atoms with van der Waals surface area (Å²) in [6, 6.07) is 17.9. The van der Waals surface area contributed by atoms with Gasteiger partial charge in [-0.25, -0.2) is 4.79 Å². The normalized spacial score (nSPS) is 15.4. The van der Waals surface area contributed by atoms with Crippen molar-refractivity contribution in [3.8, 4) is 5.88 Å². The Morgan fingerprint density at radius 2 is 1.50 bits per heavy atom. The van der Waals surface area contributed by atoms with Crippen LogP contribution in [-0.4, -0.2) is 34.7 Å². The lowest BCUT2D eigenvalue weighted by atomic mass is 9.87. The molecule has 2 aromatic carbocycles. The van der Waals surface area contributed by atoms with Crippen LogP contribution in [0.15, 0.2) is 60.7 Å². The van der Waals surface area contributed by atoms with Crippen molar-refractivity contribution in [2.75, 3.05) is 18.0 Å². The second-order valence-electron chi connectivity index (χ2n) is 7.14. The van der Waals surface area contributed by atoms with E-state index in [1.807, 2.05) is 24.3 Å². The molecule has 0 spiro atoms. The average molecular weight is 373 g/mol. The number of esters is 1. The molecular formula is C22H19N3O3. The van der Waals surface area contributed by atoms with Crippen molar-refractivity contribution >= 4 is 17.6 Å². The molecule has 0 saturated carbocycles. The largest absolute Gasteiger partial charge is 0.400 e. The molecule has 1 saturated heterocycles. The first-order valence-electron chi connectivity index (χ1n) is 9.47. The number of benzene rings is 2. The van der Waals surface area contributed by atoms with Crippen LogP contribution >= 0.6 is 0 Å². The molecule has 2 bridgehead atoms. The quantitative estimate of drug-likeness (QED) is 0.658. The molecule has 0 atom stereocenters. The minimum atomic E-state index is -0.470. The highest BCUT2D eigenvalue weighted by Gasteiger charge is 2.40. The highest BCUT2D eigenvalue weighted by atomic mass is 16.5. The van der Waals surface area contributed by atoms with Crippen molar-refractivity contribution in [1.82, 2.24) is 9.78 Å². The Morgan fingerprint density at radius 1 is 0.893 bits per heavy atom. The molecule has 1 aromatic heterocycles. The van der Waals surface area contributed by atoms with Gasteiger partial charge in [-0.3, -0.25) is 4.79 Å². The van der Waals surface area contributed by atoms with E-state index in [1.54, 1.807) is 36.4 Å². The van der Waals surface area contributed by atoms with E-state index in [4.69, 9.17) is 4.74 Å². The van der Waals surface area contributed by atoms with E-state index in [9.17, 15) is 9.59 Å². The van der Waals surface area contributed by atoms with E-state index in [0.717, 1.165) is 37.3 Å². The van der Waals surface area contributed by atoms with E-state index >= 15 is 0 Å². The summed E-state index contributed by atoms with van der Waals surface area (Å²) in [6.07, 6.45) is 1.96. The van der Waals surface area contributed by atoms with Crippen LogP contribution in [0.5, 0.6) is 5.88 Å². The number of hydrogen-bond donors (Lipinski definition) is 0. The Morgan fingerprint density at radius 3 is 2.14 bits per heavy atom. The average Bonchev–Trinajstić information content (AvgIpc) is 3.17. The molecule has 6 heteroatoms. The van der Waals surface area contributed by atoms with Crippen LogP contribution in [0.25, 0.3) is 0 Å². The summed E-state index contributed by atoms with van der Waals surface area (Å²) in [7, 11) is 0. The maximum absolute atomic E-state index is 13.1. The number of piperidine rings is 1. The van der Waals surface area contributed by atoms with Crippen molar-refractivity contribution in [2.24, 2.45) is 0 Å². The topological polar surface area (TPSA) is 64.4 Å². The lowest BCUT2D eigenvalue weighted by molar-refractivity contribution is 0.0723. The van der Waals surface area contributed by atoms with Gasteiger partial charge in [-0.1, -0.05) is 36.4 Å². The number of ether oxygens (including phenoxy) is 1. The molecule has 0 N–H and O–H groups in total. The minimum Gasteiger partial charge on any atom is -0.400 e. The van der Waals surface area contributed by atoms with E-state index in [1.165, 1.54) is 4.68 Å². The van der Waals surface area contributed by atoms with Crippen LogP contribution in [-0.2, 0) is 0 Å². The maximum atomic E-state index is 13.1. The third kappa shape index (κ3) is 2.69. The molecule has 3 aliphatic heterocycles. The minimum absolute atomic E-state index is 0.201. The molecule has 0 radical (unpaired) electrons. The lowest BCUT2D eigenvalue weighted by Crippen LogP contribution is -2.40. The van der Waals surface area contributed by atoms with Gasteiger partial charge < -0.3 is 9.64 Å². The van der Waals surface area contributed by atoms with Gasteiger partial charge in [0, 0.05) is 24.6 Å². The summed E-state index contributed by atoms with van der Waals surface area (Å²) in [4.78, 5) is 27.9. The predicted octanol–water partition coefficient (Wildman–Crippen LogP) is 3.49. The standard InChI is InChI=1S/C22H19N3O3/c26-21(16-7-3-1-4-8-16)25-18-15-11-13-24(14-12-15)19(18)20(23-25)28-22(27)17-9-5-2-6-10-17/h1-10,15H,11-14H2. The smallest absolute Gasteiger partial charge is 0.344 e. The first kappa shape index (κ1) is 16.7. The predicted molar refractivity (Wildman–Crippen MR) is 104 cm³/mol. The Kier molecular flexibility index (Phi) is 3.97. The third-order valence-corrected chi connectivity index (χ3v) is 5.47. The maximum Gasteiger partial charge on any atom is 0.344 e. The number of aromatic nitrogens is 2. The third-order valence-electron chi connectivity index (χ3n) is 5.47. The van der Waals surface area contributed by atoms with Gasteiger partial charge in [0.15, 0.2) is 0 Å². The van der Waals surface area contributed by atoms with E-state index < -0.39 is 5.97 Å². The molecule has 0 amide bonds. The Labute approximate surface area is 162 Å². The van der Waals surface area contributed by atoms with Gasteiger partial charge >= 0.3 is 5.97 Å². The van der Waals surface area contributed by atoms with Gasteiger partial charge in [0.2, 0.25) is 0 Å². The zero-order valence-corrected chi connectivity index (χ0v) is 15.2. The van der Waals surface area contributed by atoms with E-state index in [0.29, 0.717) is 11.1 Å². The van der Waals surface area contributed by atoms with Gasteiger partial charge in [0.1, 0.15) is 5.69 Å². The van der Waals surface area contributed by atoms with Crippen LogP contribution < -0.4 is 9.64 Å². The van der Waals surface area contributed by atoms with E-state index in [2.05, 4.69) is 10.00 Å². The molecular weight excluding hydrogens is 354 g/mol. The number of rotatable bonds is 3. The summed E-state index contributed by atoms with van der Waals surface area (Å²) in [5, 5.41) is 4.46. The molecule has 1 fully saturated rings. The number of carbonyl (C=O) groups is 2. The summed E-state index contributed by atoms with van der Waals surface area (Å²) in [5.74, 6) is -0.197. The van der Waals surface area contributed by atoms with Gasteiger partial charge in [-0.2, -0.15) is 4.68 Å². The Hall–Kier alpha value is -3.41. The van der Waals surface area contributed by atoms with Crippen LogP contribution in [0.3, 0.4) is 0 Å². The van der Waals surface area contributed by atoms with Gasteiger partial charge in [0.25, 0.3) is 11.8 Å². The number of hydrogen-bond acceptors (Lipinski definition) is 5. The molecule has 3 aromatic rings. The SMILES string of the molecule is O=C(Oc1nn(C(=O)c2ccccc2)c2c1N1CCC2CC1)c1ccccc1. The van der Waals surface area contributed by atoms with Crippen LogP contribution in [0, 0.1) is 0 Å². The second kappa shape index (κ2) is 6.64. The van der Waals surface area contributed by atoms with Crippen LogP contribution in [0.4, 0.5) is 5.69 Å². The summed E-state index contributed by atoms with van der Waals surface area (Å²) < 4.78 is 7.09. The molecule has 6 nitrogen and oxygen atoms in total. The van der Waals surface area contributed by atoms with Crippen molar-refractivity contribution in [3.05, 3.63) is 77.5 Å². The summed E-state index contributed by atoms with van der Waals surface area (Å²) >= 11 is 0. The fourth-order valence-corrected chi connectivity index (χ4v) is 4.09. The molecule has 28 heavy (non-hydrogen) atoms. The fourth-order valence-electron chi connectivity index (χ4n) is 4.09. The van der Waals surface area contributed by atoms with Crippen molar-refractivity contribution in [1.29, 1.82) is 0 Å². The highest BCUT2D eigenvalue weighted by Crippen LogP contribution is 2.47. The van der Waals surface area contributed by atoms with E-state index in [-0.39, 0.29) is 17.7 Å². The van der Waals surface area contributed by atoms with Gasteiger partial charge in [-0.15, -0.1) is 5.10 Å². The molecule has 0 aliphatic carbocycles. The Bertz CT molecular complexity index is 1040. The molecule has 3 aliphatic rings. The number of carbonyl (C=O) groups excluding carboxylic acids is 2. The summed E-state index contributed by atoms with van der Waals surface area (Å²) in [5.41, 5.74) is 2.67. The first-order chi connectivity index (χ1) is 13.7. The highest BCUT2D eigenvalue weighted by molar-refractivity contribution is 5.97. The fraction of sp³-hybridized carbons (Fsp3) is 0.227. The number of fused-ring (bicyclic) bond motifs is 2. The lowest BCUT2D eigenvalue weighted by Gasteiger charge is -2.40. The molecule has 4 heterocycles. The monoisotopic (exact) mass is 373 g/mol.